The van der Waals surface area contributed by atoms with Gasteiger partial charge in [-0.25, -0.2) is 9.97 Å². The van der Waals surface area contributed by atoms with Crippen LogP contribution in [0.3, 0.4) is 0 Å². The van der Waals surface area contributed by atoms with Crippen LogP contribution < -0.4 is 20.7 Å². The van der Waals surface area contributed by atoms with Crippen molar-refractivity contribution < 1.29 is 14.3 Å². The Hall–Kier alpha value is -3.13. The zero-order valence-electron chi connectivity index (χ0n) is 17.8. The molecule has 31 heavy (non-hydrogen) atoms. The summed E-state index contributed by atoms with van der Waals surface area (Å²) in [6.07, 6.45) is 6.51. The predicted octanol–water partition coefficient (Wildman–Crippen LogP) is 2.35. The second-order valence-corrected chi connectivity index (χ2v) is 8.99. The van der Waals surface area contributed by atoms with Gasteiger partial charge in [-0.05, 0) is 32.4 Å². The zero-order chi connectivity index (χ0) is 21.6. The minimum absolute atomic E-state index is 0.227. The van der Waals surface area contributed by atoms with E-state index in [0.717, 1.165) is 55.2 Å². The first kappa shape index (κ1) is 19.8. The number of amides is 1. The molecule has 3 N–H and O–H groups in total. The maximum Gasteiger partial charge on any atom is 0.261 e. The number of fused-ring (bicyclic) bond motifs is 2. The van der Waals surface area contributed by atoms with E-state index >= 15 is 0 Å². The van der Waals surface area contributed by atoms with Crippen molar-refractivity contribution >= 4 is 22.9 Å². The van der Waals surface area contributed by atoms with Crippen molar-refractivity contribution in [3.63, 3.8) is 0 Å². The summed E-state index contributed by atoms with van der Waals surface area (Å²) in [6, 6.07) is 5.76. The average molecular weight is 422 g/mol. The van der Waals surface area contributed by atoms with Gasteiger partial charge in [-0.2, -0.15) is 0 Å². The van der Waals surface area contributed by atoms with Gasteiger partial charge in [-0.1, -0.05) is 0 Å². The molecule has 2 atom stereocenters. The third-order valence-electron chi connectivity index (χ3n) is 6.19. The number of benzene rings is 1. The Kier molecular flexibility index (Phi) is 4.81. The standard InChI is InChI=1S/C23H27N5O3/c1-23(2)10-15-8-17(27-22(29)16(11-24)21-25-5-3-6-26-21)18(9-19(15)31-23)28-12-14-4-7-30-20(14)13-28/h3,5-6,8-9,11,14,20H,4,7,10,12-13,24H2,1-2H3,(H,27,29). The highest BCUT2D eigenvalue weighted by Crippen LogP contribution is 2.44. The van der Waals surface area contributed by atoms with E-state index in [2.05, 4.69) is 34.0 Å². The lowest BCUT2D eigenvalue weighted by Crippen LogP contribution is -2.25. The van der Waals surface area contributed by atoms with Crippen LogP contribution in [-0.4, -0.2) is 47.3 Å². The molecule has 0 aliphatic carbocycles. The summed E-state index contributed by atoms with van der Waals surface area (Å²) in [5.41, 5.74) is 8.47. The Morgan fingerprint density at radius 1 is 1.29 bits per heavy atom. The van der Waals surface area contributed by atoms with Crippen LogP contribution in [0.1, 0.15) is 31.7 Å². The van der Waals surface area contributed by atoms with Gasteiger partial charge in [0.1, 0.15) is 11.4 Å². The second kappa shape index (κ2) is 7.53. The smallest absolute Gasteiger partial charge is 0.261 e. The van der Waals surface area contributed by atoms with Gasteiger partial charge in [-0.3, -0.25) is 4.79 Å². The molecule has 1 amide bonds. The predicted molar refractivity (Wildman–Crippen MR) is 118 cm³/mol. The summed E-state index contributed by atoms with van der Waals surface area (Å²) in [6.45, 7) is 6.67. The molecule has 2 aromatic rings. The SMILES string of the molecule is CC1(C)Cc2cc(NC(=O)C(=CN)c3ncccn3)c(N3CC4CCOC4C3)cc2O1. The minimum Gasteiger partial charge on any atom is -0.487 e. The van der Waals surface area contributed by atoms with Gasteiger partial charge in [0.2, 0.25) is 0 Å². The molecule has 0 saturated carbocycles. The molecule has 2 saturated heterocycles. The normalized spacial score (nSPS) is 23.9. The number of nitrogens with one attached hydrogen (secondary N) is 1. The number of hydrogen-bond donors (Lipinski definition) is 2. The van der Waals surface area contributed by atoms with Crippen molar-refractivity contribution in [1.29, 1.82) is 0 Å². The Bertz CT molecular complexity index is 1030. The van der Waals surface area contributed by atoms with Gasteiger partial charge in [0.25, 0.3) is 5.91 Å². The number of ether oxygens (including phenoxy) is 2. The van der Waals surface area contributed by atoms with Crippen LogP contribution in [0.15, 0.2) is 36.8 Å². The topological polar surface area (TPSA) is 103 Å². The maximum absolute atomic E-state index is 13.1. The fraction of sp³-hybridized carbons (Fsp3) is 0.435. The van der Waals surface area contributed by atoms with Crippen molar-refractivity contribution in [1.82, 2.24) is 9.97 Å². The number of nitrogens with two attached hydrogens (primary N) is 1. The largest absolute Gasteiger partial charge is 0.487 e. The van der Waals surface area contributed by atoms with Gasteiger partial charge >= 0.3 is 0 Å². The molecular weight excluding hydrogens is 394 g/mol. The van der Waals surface area contributed by atoms with E-state index < -0.39 is 0 Å². The Morgan fingerprint density at radius 2 is 2.10 bits per heavy atom. The number of aromatic nitrogens is 2. The summed E-state index contributed by atoms with van der Waals surface area (Å²) >= 11 is 0. The molecule has 2 unspecified atom stereocenters. The molecule has 1 aromatic carbocycles. The van der Waals surface area contributed by atoms with Gasteiger partial charge in [0.05, 0.1) is 23.1 Å². The van der Waals surface area contributed by atoms with Crippen LogP contribution in [0.2, 0.25) is 0 Å². The van der Waals surface area contributed by atoms with E-state index in [9.17, 15) is 4.79 Å². The van der Waals surface area contributed by atoms with E-state index in [0.29, 0.717) is 11.7 Å². The van der Waals surface area contributed by atoms with Crippen LogP contribution in [0, 0.1) is 5.92 Å². The molecule has 0 radical (unpaired) electrons. The van der Waals surface area contributed by atoms with Crippen LogP contribution in [0.25, 0.3) is 5.57 Å². The molecule has 8 nitrogen and oxygen atoms in total. The molecule has 4 heterocycles. The molecule has 1 aromatic heterocycles. The fourth-order valence-corrected chi connectivity index (χ4v) is 4.76. The summed E-state index contributed by atoms with van der Waals surface area (Å²) in [5.74, 6) is 1.34. The molecule has 0 bridgehead atoms. The Balaban J connectivity index is 1.48. The van der Waals surface area contributed by atoms with Crippen molar-refractivity contribution in [3.8, 4) is 5.75 Å². The van der Waals surface area contributed by atoms with E-state index in [1.54, 1.807) is 18.5 Å². The lowest BCUT2D eigenvalue weighted by atomic mass is 10.0. The van der Waals surface area contributed by atoms with Crippen LogP contribution in [0.4, 0.5) is 11.4 Å². The number of carbonyl (C=O) groups excluding carboxylic acids is 1. The number of anilines is 2. The van der Waals surface area contributed by atoms with Crippen molar-refractivity contribution in [2.45, 2.75) is 38.4 Å². The van der Waals surface area contributed by atoms with Crippen molar-refractivity contribution in [2.24, 2.45) is 11.7 Å². The zero-order valence-corrected chi connectivity index (χ0v) is 17.8. The molecule has 3 aliphatic heterocycles. The molecule has 2 fully saturated rings. The number of nitrogens with zero attached hydrogens (tertiary/aromatic N) is 3. The average Bonchev–Trinajstić information content (AvgIpc) is 3.40. The maximum atomic E-state index is 13.1. The van der Waals surface area contributed by atoms with E-state index in [4.69, 9.17) is 15.2 Å². The minimum atomic E-state index is -0.344. The van der Waals surface area contributed by atoms with Gasteiger partial charge < -0.3 is 25.4 Å². The van der Waals surface area contributed by atoms with E-state index in [-0.39, 0.29) is 23.2 Å². The van der Waals surface area contributed by atoms with Crippen LogP contribution in [0.5, 0.6) is 5.75 Å². The molecule has 3 aliphatic rings. The lowest BCUT2D eigenvalue weighted by molar-refractivity contribution is -0.111. The summed E-state index contributed by atoms with van der Waals surface area (Å²) in [7, 11) is 0. The first-order chi connectivity index (χ1) is 14.9. The molecule has 8 heteroatoms. The summed E-state index contributed by atoms with van der Waals surface area (Å²) in [4.78, 5) is 23.7. The first-order valence-electron chi connectivity index (χ1n) is 10.7. The third kappa shape index (κ3) is 3.72. The summed E-state index contributed by atoms with van der Waals surface area (Å²) in [5, 5.41) is 3.05. The number of rotatable bonds is 4. The highest BCUT2D eigenvalue weighted by atomic mass is 16.5. The fourth-order valence-electron chi connectivity index (χ4n) is 4.76. The van der Waals surface area contributed by atoms with Gasteiger partial charge in [0, 0.05) is 62.3 Å². The van der Waals surface area contributed by atoms with E-state index in [1.807, 2.05) is 12.1 Å². The van der Waals surface area contributed by atoms with Crippen molar-refractivity contribution in [3.05, 3.63) is 48.2 Å². The lowest BCUT2D eigenvalue weighted by Gasteiger charge is -2.24. The van der Waals surface area contributed by atoms with E-state index in [1.165, 1.54) is 6.20 Å². The van der Waals surface area contributed by atoms with Gasteiger partial charge in [-0.15, -0.1) is 0 Å². The van der Waals surface area contributed by atoms with Gasteiger partial charge in [0.15, 0.2) is 5.82 Å². The van der Waals surface area contributed by atoms with Crippen molar-refractivity contribution in [2.75, 3.05) is 29.9 Å². The molecular formula is C23H27N5O3. The second-order valence-electron chi connectivity index (χ2n) is 8.99. The third-order valence-corrected chi connectivity index (χ3v) is 6.19. The monoisotopic (exact) mass is 421 g/mol. The molecule has 162 valence electrons. The molecule has 0 spiro atoms. The highest BCUT2D eigenvalue weighted by Gasteiger charge is 2.39. The quantitative estimate of drug-likeness (QED) is 0.731. The van der Waals surface area contributed by atoms with Crippen LogP contribution >= 0.6 is 0 Å². The van der Waals surface area contributed by atoms with Crippen LogP contribution in [-0.2, 0) is 16.0 Å². The number of carbonyl (C=O) groups is 1. The Labute approximate surface area is 181 Å². The summed E-state index contributed by atoms with van der Waals surface area (Å²) < 4.78 is 12.1. The molecule has 5 rings (SSSR count). The Morgan fingerprint density at radius 3 is 2.84 bits per heavy atom. The highest BCUT2D eigenvalue weighted by molar-refractivity contribution is 6.24. The number of hydrogen-bond acceptors (Lipinski definition) is 7. The first-order valence-corrected chi connectivity index (χ1v) is 10.7.